The van der Waals surface area contributed by atoms with Crippen molar-refractivity contribution in [1.82, 2.24) is 10.1 Å². The lowest BCUT2D eigenvalue weighted by Gasteiger charge is -2.05. The summed E-state index contributed by atoms with van der Waals surface area (Å²) < 4.78 is 36.3. The molecule has 1 amide bonds. The van der Waals surface area contributed by atoms with E-state index in [4.69, 9.17) is 8.94 Å². The van der Waals surface area contributed by atoms with Crippen LogP contribution in [0, 0.1) is 11.6 Å². The normalized spacial score (nSPS) is 10.7. The number of aromatic nitrogens is 2. The molecular weight excluding hydrogens is 308 g/mol. The molecule has 2 aromatic heterocycles. The molecule has 0 spiro atoms. The Morgan fingerprint density at radius 1 is 1.26 bits per heavy atom. The number of anilines is 1. The molecule has 0 unspecified atom stereocenters. The first-order valence-electron chi connectivity index (χ1n) is 6.73. The van der Waals surface area contributed by atoms with Gasteiger partial charge in [-0.25, -0.2) is 8.78 Å². The summed E-state index contributed by atoms with van der Waals surface area (Å²) >= 11 is 0. The zero-order valence-electron chi connectivity index (χ0n) is 11.8. The van der Waals surface area contributed by atoms with Crippen molar-refractivity contribution in [2.45, 2.75) is 12.8 Å². The van der Waals surface area contributed by atoms with E-state index in [1.165, 1.54) is 6.26 Å². The maximum Gasteiger partial charge on any atom is 0.238 e. The highest BCUT2D eigenvalue weighted by atomic mass is 19.1. The molecule has 0 atom stereocenters. The van der Waals surface area contributed by atoms with E-state index in [1.54, 1.807) is 12.1 Å². The van der Waals surface area contributed by atoms with Crippen LogP contribution in [0.25, 0.3) is 11.6 Å². The molecule has 2 heterocycles. The Balaban J connectivity index is 1.57. The summed E-state index contributed by atoms with van der Waals surface area (Å²) in [5.74, 6) is -1.000. The second-order valence-electron chi connectivity index (χ2n) is 4.66. The van der Waals surface area contributed by atoms with Gasteiger partial charge in [0.2, 0.25) is 17.6 Å². The minimum Gasteiger partial charge on any atom is -0.461 e. The SMILES string of the molecule is O=C(CCc1nc(-c2ccco2)no1)Nc1ccc(F)cc1F. The number of rotatable bonds is 5. The molecule has 0 radical (unpaired) electrons. The monoisotopic (exact) mass is 319 g/mol. The summed E-state index contributed by atoms with van der Waals surface area (Å²) in [7, 11) is 0. The lowest BCUT2D eigenvalue weighted by Crippen LogP contribution is -2.13. The molecule has 6 nitrogen and oxygen atoms in total. The average molecular weight is 319 g/mol. The van der Waals surface area contributed by atoms with Gasteiger partial charge < -0.3 is 14.3 Å². The largest absolute Gasteiger partial charge is 0.461 e. The third kappa shape index (κ3) is 3.60. The van der Waals surface area contributed by atoms with Crippen LogP contribution >= 0.6 is 0 Å². The number of carbonyl (C=O) groups excluding carboxylic acids is 1. The number of hydrogen-bond acceptors (Lipinski definition) is 5. The van der Waals surface area contributed by atoms with Crippen molar-refractivity contribution >= 4 is 11.6 Å². The fourth-order valence-electron chi connectivity index (χ4n) is 1.89. The third-order valence-corrected chi connectivity index (χ3v) is 2.98. The summed E-state index contributed by atoms with van der Waals surface area (Å²) in [5.41, 5.74) is -0.0850. The van der Waals surface area contributed by atoms with Crippen molar-refractivity contribution in [1.29, 1.82) is 0 Å². The second kappa shape index (κ2) is 6.39. The van der Waals surface area contributed by atoms with E-state index in [9.17, 15) is 13.6 Å². The van der Waals surface area contributed by atoms with E-state index in [2.05, 4.69) is 15.5 Å². The predicted octanol–water partition coefficient (Wildman–Crippen LogP) is 3.18. The van der Waals surface area contributed by atoms with Crippen LogP contribution in [0.15, 0.2) is 45.5 Å². The number of halogens is 2. The van der Waals surface area contributed by atoms with Gasteiger partial charge >= 0.3 is 0 Å². The summed E-state index contributed by atoms with van der Waals surface area (Å²) in [6.45, 7) is 0. The van der Waals surface area contributed by atoms with Crippen LogP contribution < -0.4 is 5.32 Å². The van der Waals surface area contributed by atoms with Gasteiger partial charge in [0.25, 0.3) is 0 Å². The molecule has 3 aromatic rings. The molecule has 0 aliphatic rings. The second-order valence-corrected chi connectivity index (χ2v) is 4.66. The number of aryl methyl sites for hydroxylation is 1. The van der Waals surface area contributed by atoms with Gasteiger partial charge in [-0.15, -0.1) is 0 Å². The van der Waals surface area contributed by atoms with Crippen LogP contribution in [0.1, 0.15) is 12.3 Å². The van der Waals surface area contributed by atoms with Gasteiger partial charge in [0.1, 0.15) is 11.6 Å². The molecule has 8 heteroatoms. The molecule has 118 valence electrons. The number of carbonyl (C=O) groups is 1. The fraction of sp³-hybridized carbons (Fsp3) is 0.133. The zero-order valence-corrected chi connectivity index (χ0v) is 11.8. The Morgan fingerprint density at radius 2 is 2.13 bits per heavy atom. The quantitative estimate of drug-likeness (QED) is 0.781. The number of benzene rings is 1. The first-order valence-corrected chi connectivity index (χ1v) is 6.73. The van der Waals surface area contributed by atoms with E-state index in [0.717, 1.165) is 12.1 Å². The predicted molar refractivity (Wildman–Crippen MR) is 75.3 cm³/mol. The van der Waals surface area contributed by atoms with Crippen molar-refractivity contribution in [3.8, 4) is 11.6 Å². The summed E-state index contributed by atoms with van der Waals surface area (Å²) in [4.78, 5) is 15.9. The van der Waals surface area contributed by atoms with Crippen molar-refractivity contribution in [2.75, 3.05) is 5.32 Å². The Bertz CT molecular complexity index is 815. The number of hydrogen-bond donors (Lipinski definition) is 1. The number of amides is 1. The van der Waals surface area contributed by atoms with Gasteiger partial charge in [0, 0.05) is 18.9 Å². The maximum atomic E-state index is 13.4. The van der Waals surface area contributed by atoms with Crippen molar-refractivity contribution in [3.63, 3.8) is 0 Å². The lowest BCUT2D eigenvalue weighted by atomic mass is 10.2. The Labute approximate surface area is 129 Å². The highest BCUT2D eigenvalue weighted by Gasteiger charge is 2.13. The Kier molecular flexibility index (Phi) is 4.13. The van der Waals surface area contributed by atoms with Crippen molar-refractivity contribution in [2.24, 2.45) is 0 Å². The van der Waals surface area contributed by atoms with Crippen LogP contribution in [-0.4, -0.2) is 16.0 Å². The van der Waals surface area contributed by atoms with E-state index in [0.29, 0.717) is 11.8 Å². The molecule has 0 aliphatic carbocycles. The van der Waals surface area contributed by atoms with E-state index in [1.807, 2.05) is 0 Å². The summed E-state index contributed by atoms with van der Waals surface area (Å²) in [6.07, 6.45) is 1.68. The summed E-state index contributed by atoms with van der Waals surface area (Å²) in [6, 6.07) is 6.29. The highest BCUT2D eigenvalue weighted by Crippen LogP contribution is 2.17. The van der Waals surface area contributed by atoms with Gasteiger partial charge in [-0.05, 0) is 24.3 Å². The van der Waals surface area contributed by atoms with Crippen LogP contribution in [0.2, 0.25) is 0 Å². The van der Waals surface area contributed by atoms with Gasteiger partial charge in [-0.3, -0.25) is 4.79 Å². The fourth-order valence-corrected chi connectivity index (χ4v) is 1.89. The third-order valence-electron chi connectivity index (χ3n) is 2.98. The molecular formula is C15H11F2N3O3. The molecule has 0 bridgehead atoms. The van der Waals surface area contributed by atoms with Gasteiger partial charge in [-0.1, -0.05) is 5.16 Å². The molecule has 0 saturated heterocycles. The maximum absolute atomic E-state index is 13.4. The molecule has 0 fully saturated rings. The number of nitrogens with zero attached hydrogens (tertiary/aromatic N) is 2. The van der Waals surface area contributed by atoms with Crippen LogP contribution in [-0.2, 0) is 11.2 Å². The zero-order chi connectivity index (χ0) is 16.2. The molecule has 0 saturated carbocycles. The van der Waals surface area contributed by atoms with E-state index in [-0.39, 0.29) is 30.2 Å². The van der Waals surface area contributed by atoms with Crippen molar-refractivity contribution in [3.05, 3.63) is 54.1 Å². The first kappa shape index (κ1) is 14.9. The van der Waals surface area contributed by atoms with E-state index < -0.39 is 17.5 Å². The minimum absolute atomic E-state index is 0.0105. The van der Waals surface area contributed by atoms with Gasteiger partial charge in [0.15, 0.2) is 5.76 Å². The first-order chi connectivity index (χ1) is 11.1. The van der Waals surface area contributed by atoms with Gasteiger partial charge in [-0.2, -0.15) is 4.98 Å². The molecule has 23 heavy (non-hydrogen) atoms. The number of nitrogens with one attached hydrogen (secondary N) is 1. The van der Waals surface area contributed by atoms with Crippen LogP contribution in [0.4, 0.5) is 14.5 Å². The lowest BCUT2D eigenvalue weighted by molar-refractivity contribution is -0.116. The molecule has 3 rings (SSSR count). The number of furan rings is 1. The van der Waals surface area contributed by atoms with Gasteiger partial charge in [0.05, 0.1) is 12.0 Å². The smallest absolute Gasteiger partial charge is 0.238 e. The van der Waals surface area contributed by atoms with Crippen LogP contribution in [0.3, 0.4) is 0 Å². The minimum atomic E-state index is -0.837. The standard InChI is InChI=1S/C15H11F2N3O3/c16-9-3-4-11(10(17)8-9)18-13(21)5-6-14-19-15(20-23-14)12-2-1-7-22-12/h1-4,7-8H,5-6H2,(H,18,21). The topological polar surface area (TPSA) is 81.2 Å². The summed E-state index contributed by atoms with van der Waals surface area (Å²) in [5, 5.41) is 6.08. The molecule has 0 aliphatic heterocycles. The highest BCUT2D eigenvalue weighted by molar-refractivity contribution is 5.90. The Morgan fingerprint density at radius 3 is 2.87 bits per heavy atom. The van der Waals surface area contributed by atoms with Crippen LogP contribution in [0.5, 0.6) is 0 Å². The molecule has 1 N–H and O–H groups in total. The van der Waals surface area contributed by atoms with E-state index >= 15 is 0 Å². The van der Waals surface area contributed by atoms with Crippen molar-refractivity contribution < 1.29 is 22.5 Å². The molecule has 1 aromatic carbocycles. The Hall–Kier alpha value is -3.03. The average Bonchev–Trinajstić information content (AvgIpc) is 3.18.